The molecule has 1 aliphatic heterocycles. The Bertz CT molecular complexity index is 840. The van der Waals surface area contributed by atoms with Gasteiger partial charge in [0.2, 0.25) is 0 Å². The van der Waals surface area contributed by atoms with Crippen molar-refractivity contribution >= 4 is 28.2 Å². The molecule has 0 radical (unpaired) electrons. The van der Waals surface area contributed by atoms with Gasteiger partial charge < -0.3 is 10.1 Å². The molecule has 0 bridgehead atoms. The van der Waals surface area contributed by atoms with E-state index in [1.54, 1.807) is 10.7 Å². The van der Waals surface area contributed by atoms with Gasteiger partial charge in [0.25, 0.3) is 5.91 Å². The lowest BCUT2D eigenvalue weighted by molar-refractivity contribution is 0.0600. The molecule has 0 unspecified atom stereocenters. The number of hydrogen-bond donors (Lipinski definition) is 1. The molecule has 0 atom stereocenters. The summed E-state index contributed by atoms with van der Waals surface area (Å²) in [6.45, 7) is 9.36. The first-order chi connectivity index (χ1) is 12.5. The minimum absolute atomic E-state index is 0.309. The second kappa shape index (κ2) is 7.59. The van der Waals surface area contributed by atoms with Crippen molar-refractivity contribution in [3.8, 4) is 0 Å². The van der Waals surface area contributed by atoms with E-state index < -0.39 is 5.97 Å². The van der Waals surface area contributed by atoms with E-state index in [0.29, 0.717) is 22.8 Å². The van der Waals surface area contributed by atoms with Gasteiger partial charge in [-0.2, -0.15) is 5.10 Å². The summed E-state index contributed by atoms with van der Waals surface area (Å²) in [5.41, 5.74) is 2.76. The zero-order chi connectivity index (χ0) is 18.8. The van der Waals surface area contributed by atoms with Gasteiger partial charge in [-0.3, -0.25) is 14.4 Å². The van der Waals surface area contributed by atoms with E-state index in [-0.39, 0.29) is 5.91 Å². The molecule has 8 heteroatoms. The Morgan fingerprint density at radius 1 is 1.35 bits per heavy atom. The minimum Gasteiger partial charge on any atom is -0.465 e. The number of hydrogen-bond acceptors (Lipinski definition) is 6. The van der Waals surface area contributed by atoms with Crippen molar-refractivity contribution < 1.29 is 14.3 Å². The molecule has 0 aromatic carbocycles. The summed E-state index contributed by atoms with van der Waals surface area (Å²) < 4.78 is 6.74. The Morgan fingerprint density at radius 3 is 2.73 bits per heavy atom. The van der Waals surface area contributed by atoms with E-state index in [4.69, 9.17) is 4.74 Å². The van der Waals surface area contributed by atoms with Gasteiger partial charge in [-0.1, -0.05) is 6.92 Å². The van der Waals surface area contributed by atoms with Gasteiger partial charge in [0.05, 0.1) is 12.7 Å². The number of likely N-dealkylation sites (N-methyl/N-ethyl adjacent to an activating group) is 1. The van der Waals surface area contributed by atoms with Crippen LogP contribution in [0.15, 0.2) is 6.07 Å². The number of nitrogens with zero attached hydrogens (tertiary/aromatic N) is 3. The Kier molecular flexibility index (Phi) is 5.43. The molecule has 3 heterocycles. The molecular weight excluding hydrogens is 352 g/mol. The predicted octanol–water partition coefficient (Wildman–Crippen LogP) is 2.69. The average Bonchev–Trinajstić information content (AvgIpc) is 3.20. The van der Waals surface area contributed by atoms with Crippen molar-refractivity contribution in [1.29, 1.82) is 0 Å². The zero-order valence-electron chi connectivity index (χ0n) is 15.6. The van der Waals surface area contributed by atoms with Crippen LogP contribution in [0.3, 0.4) is 0 Å². The molecule has 2 aromatic heterocycles. The van der Waals surface area contributed by atoms with Crippen molar-refractivity contribution in [3.05, 3.63) is 33.5 Å². The topological polar surface area (TPSA) is 76.5 Å². The monoisotopic (exact) mass is 376 g/mol. The molecule has 0 spiro atoms. The highest BCUT2D eigenvalue weighted by Gasteiger charge is 2.29. The van der Waals surface area contributed by atoms with E-state index in [1.807, 2.05) is 13.8 Å². The van der Waals surface area contributed by atoms with E-state index in [1.165, 1.54) is 18.4 Å². The van der Waals surface area contributed by atoms with Crippen LogP contribution in [0, 0.1) is 6.92 Å². The maximum absolute atomic E-state index is 12.6. The second-order valence-corrected chi connectivity index (χ2v) is 7.36. The molecule has 0 aliphatic carbocycles. The van der Waals surface area contributed by atoms with E-state index in [9.17, 15) is 9.59 Å². The molecular formula is C18H24N4O3S. The lowest BCUT2D eigenvalue weighted by Gasteiger charge is -2.25. The van der Waals surface area contributed by atoms with Gasteiger partial charge in [0, 0.05) is 30.2 Å². The smallest absolute Gasteiger partial charge is 0.341 e. The lowest BCUT2D eigenvalue weighted by atomic mass is 10.0. The molecule has 0 saturated carbocycles. The maximum atomic E-state index is 12.6. The highest BCUT2D eigenvalue weighted by Crippen LogP contribution is 2.37. The Labute approximate surface area is 156 Å². The Morgan fingerprint density at radius 2 is 2.12 bits per heavy atom. The molecule has 1 N–H and O–H groups in total. The normalized spacial score (nSPS) is 14.2. The van der Waals surface area contributed by atoms with E-state index in [2.05, 4.69) is 22.2 Å². The first-order valence-electron chi connectivity index (χ1n) is 8.79. The van der Waals surface area contributed by atoms with Crippen LogP contribution in [-0.4, -0.2) is 46.8 Å². The lowest BCUT2D eigenvalue weighted by Crippen LogP contribution is -2.29. The van der Waals surface area contributed by atoms with Crippen LogP contribution in [0.1, 0.15) is 50.8 Å². The Hall–Kier alpha value is -2.19. The molecule has 0 saturated heterocycles. The van der Waals surface area contributed by atoms with E-state index >= 15 is 0 Å². The summed E-state index contributed by atoms with van der Waals surface area (Å²) in [6, 6.07) is 1.75. The number of fused-ring (bicyclic) bond motifs is 1. The first-order valence-corrected chi connectivity index (χ1v) is 9.61. The van der Waals surface area contributed by atoms with Gasteiger partial charge in [0.1, 0.15) is 5.00 Å². The highest BCUT2D eigenvalue weighted by molar-refractivity contribution is 7.17. The number of carbonyl (C=O) groups is 2. The zero-order valence-corrected chi connectivity index (χ0v) is 16.4. The predicted molar refractivity (Wildman–Crippen MR) is 101 cm³/mol. The number of ether oxygens (including phenoxy) is 1. The fourth-order valence-electron chi connectivity index (χ4n) is 3.24. The molecule has 2 aromatic rings. The van der Waals surface area contributed by atoms with Crippen LogP contribution in [0.2, 0.25) is 0 Å². The average molecular weight is 376 g/mol. The minimum atomic E-state index is -0.405. The fraction of sp³-hybridized carbons (Fsp3) is 0.500. The molecule has 26 heavy (non-hydrogen) atoms. The quantitative estimate of drug-likeness (QED) is 0.812. The first kappa shape index (κ1) is 18.6. The SMILES string of the molecule is CCN1CCc2c(sc(NC(=O)c3cc(C)n(CC)n3)c2C(=O)OC)C1. The van der Waals surface area contributed by atoms with Crippen LogP contribution in [0.25, 0.3) is 0 Å². The molecule has 3 rings (SSSR count). The summed E-state index contributed by atoms with van der Waals surface area (Å²) in [6.07, 6.45) is 0.781. The van der Waals surface area contributed by atoms with Gasteiger partial charge in [0.15, 0.2) is 5.69 Å². The number of rotatable bonds is 5. The van der Waals surface area contributed by atoms with E-state index in [0.717, 1.165) is 42.2 Å². The number of carbonyl (C=O) groups excluding carboxylic acids is 2. The fourth-order valence-corrected chi connectivity index (χ4v) is 4.51. The molecule has 0 fully saturated rings. The van der Waals surface area contributed by atoms with Crippen molar-refractivity contribution in [2.75, 3.05) is 25.5 Å². The number of amides is 1. The van der Waals surface area contributed by atoms with Crippen LogP contribution >= 0.6 is 11.3 Å². The third-order valence-corrected chi connectivity index (χ3v) is 5.85. The standard InChI is InChI=1S/C18H24N4O3S/c1-5-21-8-7-12-14(10-21)26-17(15(12)18(24)25-4)19-16(23)13-9-11(3)22(6-2)20-13/h9H,5-8,10H2,1-4H3,(H,19,23). The molecule has 140 valence electrons. The largest absolute Gasteiger partial charge is 0.465 e. The molecule has 1 amide bonds. The summed E-state index contributed by atoms with van der Waals surface area (Å²) in [7, 11) is 1.37. The summed E-state index contributed by atoms with van der Waals surface area (Å²) >= 11 is 1.46. The number of aryl methyl sites for hydroxylation is 2. The van der Waals surface area contributed by atoms with Gasteiger partial charge >= 0.3 is 5.97 Å². The molecule has 1 aliphatic rings. The highest BCUT2D eigenvalue weighted by atomic mass is 32.1. The van der Waals surface area contributed by atoms with Crippen LogP contribution in [-0.2, 0) is 24.2 Å². The maximum Gasteiger partial charge on any atom is 0.341 e. The number of esters is 1. The second-order valence-electron chi connectivity index (χ2n) is 6.26. The van der Waals surface area contributed by atoms with Crippen LogP contribution in [0.5, 0.6) is 0 Å². The number of nitrogens with one attached hydrogen (secondary N) is 1. The Balaban J connectivity index is 1.92. The van der Waals surface area contributed by atoms with Gasteiger partial charge in [-0.25, -0.2) is 4.79 Å². The number of anilines is 1. The van der Waals surface area contributed by atoms with Crippen LogP contribution in [0.4, 0.5) is 5.00 Å². The number of thiophene rings is 1. The van der Waals surface area contributed by atoms with Crippen molar-refractivity contribution in [2.24, 2.45) is 0 Å². The molecule has 7 nitrogen and oxygen atoms in total. The summed E-state index contributed by atoms with van der Waals surface area (Å²) in [5.74, 6) is -0.714. The van der Waals surface area contributed by atoms with Crippen LogP contribution < -0.4 is 5.32 Å². The van der Waals surface area contributed by atoms with Gasteiger partial charge in [-0.15, -0.1) is 11.3 Å². The summed E-state index contributed by atoms with van der Waals surface area (Å²) in [5, 5.41) is 7.74. The summed E-state index contributed by atoms with van der Waals surface area (Å²) in [4.78, 5) is 28.4. The third-order valence-electron chi connectivity index (χ3n) is 4.71. The number of aromatic nitrogens is 2. The van der Waals surface area contributed by atoms with Gasteiger partial charge in [-0.05, 0) is 38.4 Å². The third kappa shape index (κ3) is 3.39. The number of methoxy groups -OCH3 is 1. The van der Waals surface area contributed by atoms with Crippen molar-refractivity contribution in [1.82, 2.24) is 14.7 Å². The van der Waals surface area contributed by atoms with Crippen molar-refractivity contribution in [2.45, 2.75) is 40.3 Å². The van der Waals surface area contributed by atoms with Crippen molar-refractivity contribution in [3.63, 3.8) is 0 Å².